The summed E-state index contributed by atoms with van der Waals surface area (Å²) in [5.41, 5.74) is 3.53. The maximum Gasteiger partial charge on any atom is 0.267 e. The van der Waals surface area contributed by atoms with E-state index in [-0.39, 0.29) is 5.91 Å². The minimum Gasteiger partial charge on any atom is -0.380 e. The van der Waals surface area contributed by atoms with E-state index in [1.165, 1.54) is 11.3 Å². The molecular weight excluding hydrogens is 320 g/mol. The maximum absolute atomic E-state index is 12.6. The number of hydrogen-bond acceptors (Lipinski definition) is 4. The summed E-state index contributed by atoms with van der Waals surface area (Å²) in [6.07, 6.45) is 0. The molecule has 0 atom stereocenters. The van der Waals surface area contributed by atoms with Gasteiger partial charge in [-0.1, -0.05) is 42.5 Å². The number of anilines is 1. The van der Waals surface area contributed by atoms with Gasteiger partial charge in [-0.2, -0.15) is 0 Å². The molecule has 3 aromatic rings. The average molecular weight is 338 g/mol. The molecule has 0 saturated heterocycles. The molecule has 1 heterocycles. The molecule has 5 heteroatoms. The summed E-state index contributed by atoms with van der Waals surface area (Å²) in [6, 6.07) is 17.5. The van der Waals surface area contributed by atoms with Crippen LogP contribution in [0.3, 0.4) is 0 Å². The van der Waals surface area contributed by atoms with E-state index >= 15 is 0 Å². The van der Waals surface area contributed by atoms with Crippen LogP contribution in [0.15, 0.2) is 54.6 Å². The van der Waals surface area contributed by atoms with Crippen molar-refractivity contribution in [3.05, 3.63) is 70.7 Å². The van der Waals surface area contributed by atoms with Crippen molar-refractivity contribution in [2.45, 2.75) is 13.5 Å². The number of nitrogens with zero attached hydrogens (tertiary/aromatic N) is 1. The second kappa shape index (κ2) is 7.38. The summed E-state index contributed by atoms with van der Waals surface area (Å²) in [7, 11) is 1.65. The minimum absolute atomic E-state index is 0.137. The van der Waals surface area contributed by atoms with Gasteiger partial charge in [-0.05, 0) is 24.6 Å². The lowest BCUT2D eigenvalue weighted by Crippen LogP contribution is -2.11. The smallest absolute Gasteiger partial charge is 0.267 e. The Kier molecular flexibility index (Phi) is 5.03. The van der Waals surface area contributed by atoms with Gasteiger partial charge in [0.05, 0.1) is 12.3 Å². The number of carbonyl (C=O) groups is 1. The van der Waals surface area contributed by atoms with Crippen LogP contribution in [0.1, 0.15) is 20.9 Å². The lowest BCUT2D eigenvalue weighted by atomic mass is 10.2. The monoisotopic (exact) mass is 338 g/mol. The first kappa shape index (κ1) is 16.4. The van der Waals surface area contributed by atoms with E-state index in [1.54, 1.807) is 7.11 Å². The van der Waals surface area contributed by atoms with E-state index in [0.29, 0.717) is 11.5 Å². The Bertz CT molecular complexity index is 844. The molecule has 122 valence electrons. The van der Waals surface area contributed by atoms with Crippen LogP contribution in [0, 0.1) is 6.92 Å². The average Bonchev–Trinajstić information content (AvgIpc) is 2.98. The molecule has 0 bridgehead atoms. The predicted molar refractivity (Wildman–Crippen MR) is 97.4 cm³/mol. The van der Waals surface area contributed by atoms with Crippen LogP contribution in [0.4, 0.5) is 5.69 Å². The van der Waals surface area contributed by atoms with Crippen molar-refractivity contribution in [2.24, 2.45) is 0 Å². The number of amides is 1. The largest absolute Gasteiger partial charge is 0.380 e. The van der Waals surface area contributed by atoms with E-state index < -0.39 is 0 Å². The van der Waals surface area contributed by atoms with Crippen molar-refractivity contribution in [1.82, 2.24) is 4.98 Å². The van der Waals surface area contributed by atoms with Gasteiger partial charge in [0.15, 0.2) is 0 Å². The first-order valence-electron chi connectivity index (χ1n) is 7.59. The zero-order valence-corrected chi connectivity index (χ0v) is 14.4. The number of rotatable bonds is 5. The third-order valence-corrected chi connectivity index (χ3v) is 4.72. The van der Waals surface area contributed by atoms with E-state index in [2.05, 4.69) is 10.3 Å². The number of aromatic nitrogens is 1. The third kappa shape index (κ3) is 3.69. The zero-order chi connectivity index (χ0) is 16.9. The second-order valence-corrected chi connectivity index (χ2v) is 6.39. The molecule has 0 radical (unpaired) electrons. The number of methoxy groups -OCH3 is 1. The Hall–Kier alpha value is -2.50. The summed E-state index contributed by atoms with van der Waals surface area (Å²) in [5.74, 6) is -0.137. The summed E-state index contributed by atoms with van der Waals surface area (Å²) in [6.45, 7) is 2.38. The highest BCUT2D eigenvalue weighted by Gasteiger charge is 2.16. The van der Waals surface area contributed by atoms with Gasteiger partial charge < -0.3 is 10.1 Å². The van der Waals surface area contributed by atoms with Gasteiger partial charge in [-0.25, -0.2) is 4.98 Å². The maximum atomic E-state index is 12.6. The van der Waals surface area contributed by atoms with Crippen LogP contribution in [0.2, 0.25) is 0 Å². The fourth-order valence-electron chi connectivity index (χ4n) is 2.40. The Balaban J connectivity index is 1.81. The van der Waals surface area contributed by atoms with E-state index in [0.717, 1.165) is 27.5 Å². The molecule has 0 aliphatic carbocycles. The molecule has 2 aromatic carbocycles. The molecule has 1 aromatic heterocycles. The lowest BCUT2D eigenvalue weighted by molar-refractivity contribution is 0.103. The van der Waals surface area contributed by atoms with Crippen molar-refractivity contribution in [3.63, 3.8) is 0 Å². The van der Waals surface area contributed by atoms with Crippen LogP contribution in [-0.4, -0.2) is 18.0 Å². The molecule has 0 spiro atoms. The number of nitrogens with one attached hydrogen (secondary N) is 1. The molecule has 0 aliphatic heterocycles. The topological polar surface area (TPSA) is 51.2 Å². The highest BCUT2D eigenvalue weighted by Crippen LogP contribution is 2.28. The van der Waals surface area contributed by atoms with Crippen molar-refractivity contribution in [3.8, 4) is 10.6 Å². The summed E-state index contributed by atoms with van der Waals surface area (Å²) in [5, 5.41) is 3.79. The number of ether oxygens (including phenoxy) is 1. The van der Waals surface area contributed by atoms with Crippen LogP contribution < -0.4 is 5.32 Å². The first-order chi connectivity index (χ1) is 11.7. The number of carbonyl (C=O) groups excluding carboxylic acids is 1. The van der Waals surface area contributed by atoms with Gasteiger partial charge in [-0.15, -0.1) is 11.3 Å². The summed E-state index contributed by atoms with van der Waals surface area (Å²) in [4.78, 5) is 17.7. The zero-order valence-electron chi connectivity index (χ0n) is 13.6. The SMILES string of the molecule is COCc1cccc(NC(=O)c2sc(-c3ccccc3)nc2C)c1. The van der Waals surface area contributed by atoms with Gasteiger partial charge in [0.2, 0.25) is 0 Å². The molecular formula is C19H18N2O2S. The Morgan fingerprint density at radius 1 is 1.17 bits per heavy atom. The summed E-state index contributed by atoms with van der Waals surface area (Å²) >= 11 is 1.41. The van der Waals surface area contributed by atoms with Crippen molar-refractivity contribution < 1.29 is 9.53 Å². The van der Waals surface area contributed by atoms with Gasteiger partial charge >= 0.3 is 0 Å². The Morgan fingerprint density at radius 3 is 2.71 bits per heavy atom. The number of aryl methyl sites for hydroxylation is 1. The van der Waals surface area contributed by atoms with Crippen molar-refractivity contribution >= 4 is 22.9 Å². The van der Waals surface area contributed by atoms with Crippen LogP contribution in [-0.2, 0) is 11.3 Å². The molecule has 0 saturated carbocycles. The second-order valence-electron chi connectivity index (χ2n) is 5.39. The normalized spacial score (nSPS) is 10.6. The molecule has 1 N–H and O–H groups in total. The standard InChI is InChI=1S/C19H18N2O2S/c1-13-17(24-19(20-13)15-8-4-3-5-9-15)18(22)21-16-10-6-7-14(11-16)12-23-2/h3-11H,12H2,1-2H3,(H,21,22). The van der Waals surface area contributed by atoms with Gasteiger partial charge in [0.25, 0.3) is 5.91 Å². The minimum atomic E-state index is -0.137. The quantitative estimate of drug-likeness (QED) is 0.744. The van der Waals surface area contributed by atoms with Crippen molar-refractivity contribution in [1.29, 1.82) is 0 Å². The van der Waals surface area contributed by atoms with E-state index in [1.807, 2.05) is 61.5 Å². The van der Waals surface area contributed by atoms with Gasteiger partial charge in [0.1, 0.15) is 9.88 Å². The highest BCUT2D eigenvalue weighted by molar-refractivity contribution is 7.17. The van der Waals surface area contributed by atoms with Gasteiger partial charge in [0, 0.05) is 18.4 Å². The molecule has 4 nitrogen and oxygen atoms in total. The van der Waals surface area contributed by atoms with Gasteiger partial charge in [-0.3, -0.25) is 4.79 Å². The molecule has 0 aliphatic rings. The van der Waals surface area contributed by atoms with E-state index in [9.17, 15) is 4.79 Å². The van der Waals surface area contributed by atoms with Crippen LogP contribution in [0.25, 0.3) is 10.6 Å². The molecule has 1 amide bonds. The first-order valence-corrected chi connectivity index (χ1v) is 8.41. The molecule has 24 heavy (non-hydrogen) atoms. The Labute approximate surface area is 145 Å². The number of hydrogen-bond donors (Lipinski definition) is 1. The van der Waals surface area contributed by atoms with Crippen LogP contribution >= 0.6 is 11.3 Å². The molecule has 0 unspecified atom stereocenters. The fraction of sp³-hybridized carbons (Fsp3) is 0.158. The molecule has 0 fully saturated rings. The highest BCUT2D eigenvalue weighted by atomic mass is 32.1. The lowest BCUT2D eigenvalue weighted by Gasteiger charge is -2.06. The number of thiazole rings is 1. The third-order valence-electron chi connectivity index (χ3n) is 3.52. The fourth-order valence-corrected chi connectivity index (χ4v) is 3.37. The Morgan fingerprint density at radius 2 is 1.96 bits per heavy atom. The number of benzene rings is 2. The van der Waals surface area contributed by atoms with Crippen molar-refractivity contribution in [2.75, 3.05) is 12.4 Å². The van der Waals surface area contributed by atoms with Crippen LogP contribution in [0.5, 0.6) is 0 Å². The summed E-state index contributed by atoms with van der Waals surface area (Å²) < 4.78 is 5.12. The molecule has 3 rings (SSSR count). The predicted octanol–water partition coefficient (Wildman–Crippen LogP) is 4.52. The van der Waals surface area contributed by atoms with E-state index in [4.69, 9.17) is 4.74 Å².